The average molecular weight is 483 g/mol. The lowest BCUT2D eigenvalue weighted by atomic mass is 10.0. The third-order valence-electron chi connectivity index (χ3n) is 4.96. The molecule has 0 aliphatic rings. The molecule has 0 fully saturated rings. The maximum absolute atomic E-state index is 12.5. The summed E-state index contributed by atoms with van der Waals surface area (Å²) in [6, 6.07) is 12.9. The van der Waals surface area contributed by atoms with E-state index in [-0.39, 0.29) is 29.8 Å². The second kappa shape index (κ2) is 10.8. The SMILES string of the molecule is CCC(NC(=O)CCCN(c1cccc(OC)c1)S(C)(=O)=O)c1ccc(S(C)(=O)=O)cc1. The predicted octanol–water partition coefficient (Wildman–Crippen LogP) is 2.91. The highest BCUT2D eigenvalue weighted by Crippen LogP contribution is 2.24. The van der Waals surface area contributed by atoms with Gasteiger partial charge in [0.25, 0.3) is 0 Å². The molecule has 2 aromatic carbocycles. The summed E-state index contributed by atoms with van der Waals surface area (Å²) < 4.78 is 54.2. The van der Waals surface area contributed by atoms with Gasteiger partial charge in [-0.05, 0) is 42.7 Å². The summed E-state index contributed by atoms with van der Waals surface area (Å²) >= 11 is 0. The monoisotopic (exact) mass is 482 g/mol. The van der Waals surface area contributed by atoms with Gasteiger partial charge < -0.3 is 10.1 Å². The van der Waals surface area contributed by atoms with E-state index in [9.17, 15) is 21.6 Å². The number of benzene rings is 2. The van der Waals surface area contributed by atoms with Crippen molar-refractivity contribution in [3.05, 3.63) is 54.1 Å². The molecule has 2 rings (SSSR count). The van der Waals surface area contributed by atoms with Gasteiger partial charge >= 0.3 is 0 Å². The van der Waals surface area contributed by atoms with Crippen molar-refractivity contribution in [1.29, 1.82) is 0 Å². The van der Waals surface area contributed by atoms with Crippen LogP contribution in [0.2, 0.25) is 0 Å². The van der Waals surface area contributed by atoms with Crippen molar-refractivity contribution in [2.45, 2.75) is 37.1 Å². The van der Waals surface area contributed by atoms with E-state index >= 15 is 0 Å². The number of sulfone groups is 1. The first kappa shape index (κ1) is 25.7. The lowest BCUT2D eigenvalue weighted by Crippen LogP contribution is -2.33. The van der Waals surface area contributed by atoms with Gasteiger partial charge in [-0.25, -0.2) is 16.8 Å². The number of sulfonamides is 1. The third kappa shape index (κ3) is 7.23. The molecule has 0 bridgehead atoms. The molecule has 0 heterocycles. The topological polar surface area (TPSA) is 110 Å². The van der Waals surface area contributed by atoms with E-state index < -0.39 is 19.9 Å². The van der Waals surface area contributed by atoms with Crippen LogP contribution in [-0.4, -0.2) is 48.9 Å². The van der Waals surface area contributed by atoms with Crippen LogP contribution in [0.25, 0.3) is 0 Å². The molecule has 176 valence electrons. The smallest absolute Gasteiger partial charge is 0.232 e. The maximum Gasteiger partial charge on any atom is 0.232 e. The second-order valence-corrected chi connectivity index (χ2v) is 11.4. The molecule has 2 aromatic rings. The van der Waals surface area contributed by atoms with Crippen molar-refractivity contribution in [2.75, 3.05) is 30.5 Å². The molecule has 10 heteroatoms. The Bertz CT molecular complexity index is 1130. The van der Waals surface area contributed by atoms with Gasteiger partial charge in [-0.15, -0.1) is 0 Å². The van der Waals surface area contributed by atoms with Crippen LogP contribution in [0.5, 0.6) is 5.75 Å². The molecule has 1 amide bonds. The van der Waals surface area contributed by atoms with Crippen molar-refractivity contribution < 1.29 is 26.4 Å². The minimum atomic E-state index is -3.53. The fraction of sp³-hybridized carbons (Fsp3) is 0.409. The maximum atomic E-state index is 12.5. The molecule has 8 nitrogen and oxygen atoms in total. The Labute approximate surface area is 190 Å². The van der Waals surface area contributed by atoms with Crippen LogP contribution < -0.4 is 14.4 Å². The standard InChI is InChI=1S/C22H30N2O6S2/c1-5-21(17-11-13-20(14-12-17)31(3,26)27)23-22(25)10-7-15-24(32(4,28)29)18-8-6-9-19(16-18)30-2/h6,8-9,11-14,16,21H,5,7,10,15H2,1-4H3,(H,23,25). The quantitative estimate of drug-likeness (QED) is 0.527. The summed E-state index contributed by atoms with van der Waals surface area (Å²) in [6.07, 6.45) is 3.38. The zero-order chi connectivity index (χ0) is 23.9. The summed E-state index contributed by atoms with van der Waals surface area (Å²) in [5.74, 6) is 0.338. The number of anilines is 1. The zero-order valence-electron chi connectivity index (χ0n) is 18.7. The molecule has 1 unspecified atom stereocenters. The van der Waals surface area contributed by atoms with Crippen molar-refractivity contribution >= 4 is 31.5 Å². The van der Waals surface area contributed by atoms with E-state index in [1.807, 2.05) is 6.92 Å². The highest BCUT2D eigenvalue weighted by atomic mass is 32.2. The summed E-state index contributed by atoms with van der Waals surface area (Å²) in [6.45, 7) is 2.07. The number of carbonyl (C=O) groups is 1. The van der Waals surface area contributed by atoms with Crippen LogP contribution in [0.15, 0.2) is 53.4 Å². The molecule has 32 heavy (non-hydrogen) atoms. The number of methoxy groups -OCH3 is 1. The number of nitrogens with one attached hydrogen (secondary N) is 1. The van der Waals surface area contributed by atoms with Crippen LogP contribution >= 0.6 is 0 Å². The second-order valence-electron chi connectivity index (χ2n) is 7.51. The Hall–Kier alpha value is -2.59. The zero-order valence-corrected chi connectivity index (χ0v) is 20.4. The number of carbonyl (C=O) groups excluding carboxylic acids is 1. The van der Waals surface area contributed by atoms with Crippen LogP contribution in [0.1, 0.15) is 37.8 Å². The Kier molecular flexibility index (Phi) is 8.68. The first-order chi connectivity index (χ1) is 15.0. The Morgan fingerprint density at radius 3 is 2.25 bits per heavy atom. The molecular formula is C22H30N2O6S2. The summed E-state index contributed by atoms with van der Waals surface area (Å²) in [7, 11) is -5.31. The van der Waals surface area contributed by atoms with E-state index in [1.165, 1.54) is 23.5 Å². The van der Waals surface area contributed by atoms with Crippen molar-refractivity contribution in [1.82, 2.24) is 5.32 Å². The van der Waals surface area contributed by atoms with Crippen LogP contribution in [-0.2, 0) is 24.7 Å². The molecule has 0 saturated heterocycles. The van der Waals surface area contributed by atoms with E-state index in [4.69, 9.17) is 4.74 Å². The van der Waals surface area contributed by atoms with Crippen LogP contribution in [0.3, 0.4) is 0 Å². The van der Waals surface area contributed by atoms with Crippen molar-refractivity contribution in [2.24, 2.45) is 0 Å². The molecule has 1 N–H and O–H groups in total. The first-order valence-electron chi connectivity index (χ1n) is 10.2. The van der Waals surface area contributed by atoms with Gasteiger partial charge in [0.2, 0.25) is 15.9 Å². The third-order valence-corrected chi connectivity index (χ3v) is 7.28. The van der Waals surface area contributed by atoms with Gasteiger partial charge in [0.15, 0.2) is 9.84 Å². The van der Waals surface area contributed by atoms with Crippen LogP contribution in [0, 0.1) is 0 Å². The minimum Gasteiger partial charge on any atom is -0.497 e. The molecule has 0 aliphatic carbocycles. The lowest BCUT2D eigenvalue weighted by molar-refractivity contribution is -0.121. The fourth-order valence-corrected chi connectivity index (χ4v) is 4.86. The highest BCUT2D eigenvalue weighted by molar-refractivity contribution is 7.92. The molecule has 1 atom stereocenters. The Morgan fingerprint density at radius 2 is 1.72 bits per heavy atom. The van der Waals surface area contributed by atoms with Crippen LogP contribution in [0.4, 0.5) is 5.69 Å². The van der Waals surface area contributed by atoms with E-state index in [2.05, 4.69) is 5.32 Å². The largest absolute Gasteiger partial charge is 0.497 e. The summed E-state index contributed by atoms with van der Waals surface area (Å²) in [4.78, 5) is 12.7. The van der Waals surface area contributed by atoms with Gasteiger partial charge in [-0.2, -0.15) is 0 Å². The number of rotatable bonds is 11. The van der Waals surface area contributed by atoms with E-state index in [0.717, 1.165) is 18.1 Å². The fourth-order valence-electron chi connectivity index (χ4n) is 3.27. The van der Waals surface area contributed by atoms with Gasteiger partial charge in [0, 0.05) is 25.3 Å². The normalized spacial score (nSPS) is 12.8. The predicted molar refractivity (Wildman–Crippen MR) is 125 cm³/mol. The summed E-state index contributed by atoms with van der Waals surface area (Å²) in [5.41, 5.74) is 1.28. The molecular weight excluding hydrogens is 452 g/mol. The molecule has 0 aromatic heterocycles. The number of ether oxygens (including phenoxy) is 1. The Balaban J connectivity index is 2.00. The van der Waals surface area contributed by atoms with Gasteiger partial charge in [0.1, 0.15) is 5.75 Å². The Morgan fingerprint density at radius 1 is 1.06 bits per heavy atom. The number of hydrogen-bond donors (Lipinski definition) is 1. The van der Waals surface area contributed by atoms with E-state index in [1.54, 1.807) is 36.4 Å². The van der Waals surface area contributed by atoms with Gasteiger partial charge in [0.05, 0.1) is 30.0 Å². The number of nitrogens with zero attached hydrogens (tertiary/aromatic N) is 1. The van der Waals surface area contributed by atoms with Gasteiger partial charge in [-0.1, -0.05) is 25.1 Å². The summed E-state index contributed by atoms with van der Waals surface area (Å²) in [5, 5.41) is 2.94. The van der Waals surface area contributed by atoms with E-state index in [0.29, 0.717) is 24.3 Å². The highest BCUT2D eigenvalue weighted by Gasteiger charge is 2.19. The van der Waals surface area contributed by atoms with Gasteiger partial charge in [-0.3, -0.25) is 9.10 Å². The molecule has 0 radical (unpaired) electrons. The molecule has 0 spiro atoms. The number of amides is 1. The molecule has 0 aliphatic heterocycles. The molecule has 0 saturated carbocycles. The first-order valence-corrected chi connectivity index (χ1v) is 13.9. The number of hydrogen-bond acceptors (Lipinski definition) is 6. The van der Waals surface area contributed by atoms with Crippen molar-refractivity contribution in [3.63, 3.8) is 0 Å². The minimum absolute atomic E-state index is 0.147. The average Bonchev–Trinajstić information content (AvgIpc) is 2.73. The van der Waals surface area contributed by atoms with Crippen molar-refractivity contribution in [3.8, 4) is 5.75 Å². The lowest BCUT2D eigenvalue weighted by Gasteiger charge is -2.23.